The minimum Gasteiger partial charge on any atom is -0.398 e. The van der Waals surface area contributed by atoms with Crippen LogP contribution in [-0.2, 0) is 19.4 Å². The van der Waals surface area contributed by atoms with Crippen LogP contribution in [0.4, 0.5) is 0 Å². The maximum atomic E-state index is 12.3. The SMILES string of the molecule is CCc1cc2c(cc1Cc1ccc(C(N)=CC=NC)cc1)C(=O)N(C)C2. The molecule has 2 aromatic carbocycles. The highest BCUT2D eigenvalue weighted by Crippen LogP contribution is 2.27. The fourth-order valence-corrected chi connectivity index (χ4v) is 3.38. The molecule has 2 N–H and O–H groups in total. The third-order valence-electron chi connectivity index (χ3n) is 4.88. The lowest BCUT2D eigenvalue weighted by Gasteiger charge is -2.11. The fourth-order valence-electron chi connectivity index (χ4n) is 3.38. The first-order valence-corrected chi connectivity index (χ1v) is 8.90. The van der Waals surface area contributed by atoms with Crippen molar-refractivity contribution in [3.8, 4) is 0 Å². The van der Waals surface area contributed by atoms with Gasteiger partial charge in [-0.15, -0.1) is 0 Å². The van der Waals surface area contributed by atoms with Crippen LogP contribution in [0.3, 0.4) is 0 Å². The summed E-state index contributed by atoms with van der Waals surface area (Å²) in [5.41, 5.74) is 13.5. The number of aryl methyl sites for hydroxylation is 1. The van der Waals surface area contributed by atoms with E-state index in [4.69, 9.17) is 5.73 Å². The van der Waals surface area contributed by atoms with E-state index in [-0.39, 0.29) is 5.91 Å². The van der Waals surface area contributed by atoms with Gasteiger partial charge in [0.1, 0.15) is 0 Å². The van der Waals surface area contributed by atoms with Crippen LogP contribution < -0.4 is 5.73 Å². The Morgan fingerprint density at radius 1 is 1.23 bits per heavy atom. The molecule has 3 rings (SSSR count). The van der Waals surface area contributed by atoms with E-state index in [0.29, 0.717) is 12.2 Å². The second-order valence-corrected chi connectivity index (χ2v) is 6.70. The van der Waals surface area contributed by atoms with Crippen molar-refractivity contribution in [3.05, 3.63) is 75.9 Å². The zero-order chi connectivity index (χ0) is 18.7. The summed E-state index contributed by atoms with van der Waals surface area (Å²) in [5, 5.41) is 0. The molecule has 1 amide bonds. The highest BCUT2D eigenvalue weighted by Gasteiger charge is 2.25. The predicted octanol–water partition coefficient (Wildman–Crippen LogP) is 3.43. The number of carbonyl (C=O) groups excluding carboxylic acids is 1. The van der Waals surface area contributed by atoms with E-state index in [1.807, 2.05) is 19.2 Å². The van der Waals surface area contributed by atoms with Crippen LogP contribution in [0.2, 0.25) is 0 Å². The number of carbonyl (C=O) groups is 1. The van der Waals surface area contributed by atoms with Crippen molar-refractivity contribution in [2.75, 3.05) is 14.1 Å². The van der Waals surface area contributed by atoms with E-state index in [1.165, 1.54) is 16.7 Å². The van der Waals surface area contributed by atoms with Gasteiger partial charge >= 0.3 is 0 Å². The van der Waals surface area contributed by atoms with Gasteiger partial charge < -0.3 is 10.6 Å². The van der Waals surface area contributed by atoms with Crippen LogP contribution in [0.15, 0.2) is 47.5 Å². The number of rotatable bonds is 5. The average Bonchev–Trinajstić information content (AvgIpc) is 2.93. The first-order chi connectivity index (χ1) is 12.5. The van der Waals surface area contributed by atoms with Crippen LogP contribution in [0, 0.1) is 0 Å². The number of allylic oxidation sites excluding steroid dienone is 1. The Hall–Kier alpha value is -2.88. The average molecular weight is 347 g/mol. The predicted molar refractivity (Wildman–Crippen MR) is 107 cm³/mol. The van der Waals surface area contributed by atoms with Crippen LogP contribution in [0.1, 0.15) is 45.1 Å². The Bertz CT molecular complexity index is 879. The molecule has 0 unspecified atom stereocenters. The van der Waals surface area contributed by atoms with E-state index in [2.05, 4.69) is 36.2 Å². The van der Waals surface area contributed by atoms with Gasteiger partial charge in [-0.2, -0.15) is 0 Å². The summed E-state index contributed by atoms with van der Waals surface area (Å²) in [5.74, 6) is 0.120. The Balaban J connectivity index is 1.86. The van der Waals surface area contributed by atoms with E-state index < -0.39 is 0 Å². The third-order valence-corrected chi connectivity index (χ3v) is 4.88. The summed E-state index contributed by atoms with van der Waals surface area (Å²) < 4.78 is 0. The minimum atomic E-state index is 0.120. The van der Waals surface area contributed by atoms with Crippen molar-refractivity contribution < 1.29 is 4.79 Å². The molecule has 0 saturated heterocycles. The van der Waals surface area contributed by atoms with E-state index >= 15 is 0 Å². The summed E-state index contributed by atoms with van der Waals surface area (Å²) in [6.45, 7) is 2.87. The molecule has 1 aliphatic heterocycles. The van der Waals surface area contributed by atoms with Crippen molar-refractivity contribution in [1.29, 1.82) is 0 Å². The first kappa shape index (κ1) is 17.9. The van der Waals surface area contributed by atoms with Gasteiger partial charge in [0.05, 0.1) is 0 Å². The molecule has 4 heteroatoms. The Morgan fingerprint density at radius 2 is 1.96 bits per heavy atom. The molecule has 0 atom stereocenters. The third kappa shape index (κ3) is 3.54. The van der Waals surface area contributed by atoms with Crippen molar-refractivity contribution in [2.24, 2.45) is 10.7 Å². The van der Waals surface area contributed by atoms with Crippen molar-refractivity contribution >= 4 is 17.8 Å². The van der Waals surface area contributed by atoms with Crippen LogP contribution in [-0.4, -0.2) is 31.1 Å². The number of hydrogen-bond acceptors (Lipinski definition) is 3. The molecule has 0 saturated carbocycles. The standard InChI is InChI=1S/C22H25N3O/c1-4-16-12-19-14-25(3)22(26)20(19)13-18(16)11-15-5-7-17(8-6-15)21(23)9-10-24-2/h5-10,12-13H,4,11,14,23H2,1-3H3. The molecule has 0 fully saturated rings. The highest BCUT2D eigenvalue weighted by atomic mass is 16.2. The van der Waals surface area contributed by atoms with Gasteiger partial charge in [-0.1, -0.05) is 37.3 Å². The molecule has 4 nitrogen and oxygen atoms in total. The lowest BCUT2D eigenvalue weighted by Crippen LogP contribution is -2.17. The fraction of sp³-hybridized carbons (Fsp3) is 0.273. The minimum absolute atomic E-state index is 0.120. The summed E-state index contributed by atoms with van der Waals surface area (Å²) in [4.78, 5) is 18.0. The van der Waals surface area contributed by atoms with Gasteiger partial charge in [0.2, 0.25) is 0 Å². The molecule has 134 valence electrons. The number of fused-ring (bicyclic) bond motifs is 1. The van der Waals surface area contributed by atoms with Crippen LogP contribution >= 0.6 is 0 Å². The molecular weight excluding hydrogens is 322 g/mol. The van der Waals surface area contributed by atoms with Gasteiger partial charge in [-0.3, -0.25) is 9.79 Å². The zero-order valence-corrected chi connectivity index (χ0v) is 15.6. The lowest BCUT2D eigenvalue weighted by atomic mass is 9.93. The van der Waals surface area contributed by atoms with Gasteiger partial charge in [-0.05, 0) is 52.8 Å². The van der Waals surface area contributed by atoms with Gasteiger partial charge in [0.15, 0.2) is 0 Å². The largest absolute Gasteiger partial charge is 0.398 e. The summed E-state index contributed by atoms with van der Waals surface area (Å²) >= 11 is 0. The Morgan fingerprint density at radius 3 is 2.62 bits per heavy atom. The summed E-state index contributed by atoms with van der Waals surface area (Å²) in [7, 11) is 3.57. The molecule has 0 radical (unpaired) electrons. The second-order valence-electron chi connectivity index (χ2n) is 6.70. The Kier molecular flexibility index (Phi) is 5.21. The Labute approximate surface area is 155 Å². The first-order valence-electron chi connectivity index (χ1n) is 8.90. The number of nitrogens with zero attached hydrogens (tertiary/aromatic N) is 2. The summed E-state index contributed by atoms with van der Waals surface area (Å²) in [6, 6.07) is 12.5. The van der Waals surface area contributed by atoms with Crippen molar-refractivity contribution in [2.45, 2.75) is 26.3 Å². The molecule has 2 aromatic rings. The second kappa shape index (κ2) is 7.56. The molecule has 0 aliphatic carbocycles. The maximum absolute atomic E-state index is 12.3. The van der Waals surface area contributed by atoms with Crippen molar-refractivity contribution in [1.82, 2.24) is 4.90 Å². The number of hydrogen-bond donors (Lipinski definition) is 1. The smallest absolute Gasteiger partial charge is 0.254 e. The number of nitrogens with two attached hydrogens (primary N) is 1. The zero-order valence-electron chi connectivity index (χ0n) is 15.6. The molecule has 0 aromatic heterocycles. The van der Waals surface area contributed by atoms with Crippen LogP contribution in [0.25, 0.3) is 5.70 Å². The molecule has 0 bridgehead atoms. The number of amides is 1. The normalized spacial score (nSPS) is 14.3. The van der Waals surface area contributed by atoms with Crippen LogP contribution in [0.5, 0.6) is 0 Å². The summed E-state index contributed by atoms with van der Waals surface area (Å²) in [6.07, 6.45) is 5.26. The number of aliphatic imine (C=N–C) groups is 1. The van der Waals surface area contributed by atoms with E-state index in [9.17, 15) is 4.79 Å². The maximum Gasteiger partial charge on any atom is 0.254 e. The quantitative estimate of drug-likeness (QED) is 0.843. The van der Waals surface area contributed by atoms with E-state index in [1.54, 1.807) is 24.2 Å². The van der Waals surface area contributed by atoms with Gasteiger partial charge in [-0.25, -0.2) is 0 Å². The van der Waals surface area contributed by atoms with Gasteiger partial charge in [0, 0.05) is 38.1 Å². The monoisotopic (exact) mass is 347 g/mol. The topological polar surface area (TPSA) is 58.7 Å². The molecular formula is C22H25N3O. The number of benzene rings is 2. The van der Waals surface area contributed by atoms with Crippen molar-refractivity contribution in [3.63, 3.8) is 0 Å². The highest BCUT2D eigenvalue weighted by molar-refractivity contribution is 5.98. The molecule has 26 heavy (non-hydrogen) atoms. The van der Waals surface area contributed by atoms with E-state index in [0.717, 1.165) is 29.5 Å². The van der Waals surface area contributed by atoms with Gasteiger partial charge in [0.25, 0.3) is 5.91 Å². The molecule has 1 aliphatic rings. The lowest BCUT2D eigenvalue weighted by molar-refractivity contribution is 0.0816. The molecule has 1 heterocycles. The molecule has 0 spiro atoms.